The molecule has 0 saturated carbocycles. The van der Waals surface area contributed by atoms with Gasteiger partial charge in [0.15, 0.2) is 0 Å². The molecule has 0 fully saturated rings. The van der Waals surface area contributed by atoms with Crippen molar-refractivity contribution in [3.05, 3.63) is 108 Å². The van der Waals surface area contributed by atoms with Crippen molar-refractivity contribution in [1.29, 1.82) is 0 Å². The minimum atomic E-state index is -0.503. The highest BCUT2D eigenvalue weighted by molar-refractivity contribution is 7.13. The van der Waals surface area contributed by atoms with Crippen LogP contribution in [0.15, 0.2) is 75.1 Å². The van der Waals surface area contributed by atoms with Crippen molar-refractivity contribution < 1.29 is 4.79 Å². The zero-order valence-corrected chi connectivity index (χ0v) is 22.9. The van der Waals surface area contributed by atoms with Gasteiger partial charge >= 0.3 is 5.69 Å². The highest BCUT2D eigenvalue weighted by Gasteiger charge is 2.22. The fraction of sp³-hybridized carbons (Fsp3) is 0.214. The molecule has 0 atom stereocenters. The predicted octanol–water partition coefficient (Wildman–Crippen LogP) is 4.75. The maximum Gasteiger partial charge on any atom is 0.331 e. The normalized spacial score (nSPS) is 11.4. The van der Waals surface area contributed by atoms with Crippen molar-refractivity contribution in [2.45, 2.75) is 39.9 Å². The number of thiophene rings is 1. The summed E-state index contributed by atoms with van der Waals surface area (Å²) in [4.78, 5) is 44.9. The maximum atomic E-state index is 13.6. The van der Waals surface area contributed by atoms with E-state index < -0.39 is 5.91 Å². The summed E-state index contributed by atoms with van der Waals surface area (Å²) in [6.45, 7) is 6.41. The predicted molar refractivity (Wildman–Crippen MR) is 152 cm³/mol. The monoisotopic (exact) mass is 545 g/mol. The number of aromatic nitrogens is 4. The van der Waals surface area contributed by atoms with Gasteiger partial charge in [0.25, 0.3) is 11.5 Å². The van der Waals surface area contributed by atoms with E-state index in [2.05, 4.69) is 0 Å². The molecule has 0 radical (unpaired) electrons. The molecule has 194 valence electrons. The second kappa shape index (κ2) is 10.4. The van der Waals surface area contributed by atoms with Gasteiger partial charge in [0.1, 0.15) is 5.01 Å². The summed E-state index contributed by atoms with van der Waals surface area (Å²) in [5.41, 5.74) is 8.70. The van der Waals surface area contributed by atoms with Gasteiger partial charge in [-0.2, -0.15) is 0 Å². The molecule has 1 amide bonds. The van der Waals surface area contributed by atoms with Crippen molar-refractivity contribution in [2.75, 3.05) is 0 Å². The Labute approximate surface area is 227 Å². The fourth-order valence-corrected chi connectivity index (χ4v) is 5.93. The van der Waals surface area contributed by atoms with Gasteiger partial charge in [0, 0.05) is 28.2 Å². The first-order valence-corrected chi connectivity index (χ1v) is 13.9. The van der Waals surface area contributed by atoms with Crippen LogP contribution in [0, 0.1) is 6.92 Å². The third-order valence-electron chi connectivity index (χ3n) is 6.46. The van der Waals surface area contributed by atoms with Gasteiger partial charge in [-0.25, -0.2) is 9.78 Å². The number of carbonyl (C=O) groups excluding carboxylic acids is 1. The number of hydrogen-bond donors (Lipinski definition) is 1. The summed E-state index contributed by atoms with van der Waals surface area (Å²) in [5, 5.41) is 4.38. The van der Waals surface area contributed by atoms with Gasteiger partial charge in [0.2, 0.25) is 0 Å². The summed E-state index contributed by atoms with van der Waals surface area (Å²) in [7, 11) is 0. The fourth-order valence-electron chi connectivity index (χ4n) is 4.43. The standard InChI is InChI=1S/C28H27N5O3S2/c1-17(2)31-15-22(27(35)33(28(31)36)13-19-8-5-4-6-9-19)26-30-23(16-38-26)24-12-21(25(29)34)18(3)32(24)14-20-10-7-11-37-20/h4-12,15-17H,13-14H2,1-3H3,(H2,29,34). The Balaban J connectivity index is 1.62. The molecule has 8 nitrogen and oxygen atoms in total. The quantitative estimate of drug-likeness (QED) is 0.304. The van der Waals surface area contributed by atoms with Crippen LogP contribution >= 0.6 is 22.7 Å². The number of amides is 1. The second-order valence-electron chi connectivity index (χ2n) is 9.30. The van der Waals surface area contributed by atoms with E-state index in [0.29, 0.717) is 28.4 Å². The number of hydrogen-bond acceptors (Lipinski definition) is 6. The van der Waals surface area contributed by atoms with E-state index in [1.807, 2.05) is 78.6 Å². The molecule has 4 heterocycles. The van der Waals surface area contributed by atoms with Gasteiger partial charge in [-0.15, -0.1) is 22.7 Å². The van der Waals surface area contributed by atoms with Crippen LogP contribution in [0.3, 0.4) is 0 Å². The van der Waals surface area contributed by atoms with Crippen LogP contribution in [0.1, 0.15) is 46.4 Å². The highest BCUT2D eigenvalue weighted by Crippen LogP contribution is 2.31. The van der Waals surface area contributed by atoms with E-state index in [0.717, 1.165) is 21.8 Å². The molecule has 5 rings (SSSR count). The van der Waals surface area contributed by atoms with E-state index >= 15 is 0 Å². The Hall–Kier alpha value is -4.02. The molecule has 0 saturated heterocycles. The molecule has 2 N–H and O–H groups in total. The Morgan fingerprint density at radius 1 is 1.03 bits per heavy atom. The Bertz CT molecular complexity index is 1720. The second-order valence-corrected chi connectivity index (χ2v) is 11.2. The number of primary amides is 1. The van der Waals surface area contributed by atoms with Crippen LogP contribution < -0.4 is 17.0 Å². The third kappa shape index (κ3) is 4.80. The number of thiazole rings is 1. The summed E-state index contributed by atoms with van der Waals surface area (Å²) in [5.74, 6) is -0.503. The molecule has 0 unspecified atom stereocenters. The summed E-state index contributed by atoms with van der Waals surface area (Å²) < 4.78 is 4.85. The van der Waals surface area contributed by atoms with Crippen molar-refractivity contribution in [3.8, 4) is 22.0 Å². The van der Waals surface area contributed by atoms with E-state index in [1.54, 1.807) is 28.2 Å². The maximum absolute atomic E-state index is 13.6. The Morgan fingerprint density at radius 3 is 2.45 bits per heavy atom. The van der Waals surface area contributed by atoms with Crippen LogP contribution in [-0.4, -0.2) is 24.6 Å². The van der Waals surface area contributed by atoms with Crippen molar-refractivity contribution in [3.63, 3.8) is 0 Å². The average Bonchev–Trinajstić information content (AvgIpc) is 3.64. The summed E-state index contributed by atoms with van der Waals surface area (Å²) in [6.07, 6.45) is 1.60. The number of nitrogens with zero attached hydrogens (tertiary/aromatic N) is 4. The molecule has 0 bridgehead atoms. The molecule has 10 heteroatoms. The number of rotatable bonds is 8. The van der Waals surface area contributed by atoms with Crippen molar-refractivity contribution >= 4 is 28.6 Å². The minimum Gasteiger partial charge on any atom is -0.366 e. The highest BCUT2D eigenvalue weighted by atomic mass is 32.1. The molecule has 0 aliphatic rings. The molecule has 0 spiro atoms. The largest absolute Gasteiger partial charge is 0.366 e. The lowest BCUT2D eigenvalue weighted by atomic mass is 10.2. The smallest absolute Gasteiger partial charge is 0.331 e. The topological polar surface area (TPSA) is 105 Å². The van der Waals surface area contributed by atoms with Gasteiger partial charge in [-0.1, -0.05) is 36.4 Å². The molecule has 0 aliphatic heterocycles. The van der Waals surface area contributed by atoms with E-state index in [4.69, 9.17) is 10.7 Å². The number of benzene rings is 1. The SMILES string of the molecule is Cc1c(C(N)=O)cc(-c2csc(-c3cn(C(C)C)c(=O)n(Cc4ccccc4)c3=O)n2)n1Cc1cccs1. The van der Waals surface area contributed by atoms with E-state index in [9.17, 15) is 14.4 Å². The number of carbonyl (C=O) groups is 1. The zero-order chi connectivity index (χ0) is 27.0. The lowest BCUT2D eigenvalue weighted by Gasteiger charge is -2.15. The average molecular weight is 546 g/mol. The first-order chi connectivity index (χ1) is 18.2. The molecule has 38 heavy (non-hydrogen) atoms. The Morgan fingerprint density at radius 2 is 1.79 bits per heavy atom. The van der Waals surface area contributed by atoms with Gasteiger partial charge in [0.05, 0.1) is 35.6 Å². The molecule has 0 aliphatic carbocycles. The van der Waals surface area contributed by atoms with Crippen LogP contribution in [0.5, 0.6) is 0 Å². The minimum absolute atomic E-state index is 0.146. The van der Waals surface area contributed by atoms with E-state index in [-0.39, 0.29) is 23.8 Å². The van der Waals surface area contributed by atoms with Crippen LogP contribution in [0.2, 0.25) is 0 Å². The lowest BCUT2D eigenvalue weighted by molar-refractivity contribution is 0.0999. The van der Waals surface area contributed by atoms with Crippen molar-refractivity contribution in [2.24, 2.45) is 5.73 Å². The number of nitrogens with two attached hydrogens (primary N) is 1. The first kappa shape index (κ1) is 25.6. The van der Waals surface area contributed by atoms with Gasteiger partial charge in [-0.05, 0) is 43.8 Å². The Kier molecular flexibility index (Phi) is 7.00. The molecule has 4 aromatic heterocycles. The molecule has 5 aromatic rings. The lowest BCUT2D eigenvalue weighted by Crippen LogP contribution is -2.41. The van der Waals surface area contributed by atoms with Crippen LogP contribution in [0.25, 0.3) is 22.0 Å². The summed E-state index contributed by atoms with van der Waals surface area (Å²) in [6, 6.07) is 15.1. The van der Waals surface area contributed by atoms with Crippen LogP contribution in [0.4, 0.5) is 0 Å². The van der Waals surface area contributed by atoms with E-state index in [1.165, 1.54) is 15.9 Å². The van der Waals surface area contributed by atoms with Crippen LogP contribution in [-0.2, 0) is 13.1 Å². The molecular weight excluding hydrogens is 518 g/mol. The zero-order valence-electron chi connectivity index (χ0n) is 21.2. The third-order valence-corrected chi connectivity index (χ3v) is 8.20. The van der Waals surface area contributed by atoms with Gasteiger partial charge < -0.3 is 10.3 Å². The summed E-state index contributed by atoms with van der Waals surface area (Å²) >= 11 is 2.96. The van der Waals surface area contributed by atoms with Gasteiger partial charge in [-0.3, -0.25) is 18.7 Å². The molecule has 1 aromatic carbocycles. The van der Waals surface area contributed by atoms with Crippen molar-refractivity contribution in [1.82, 2.24) is 18.7 Å². The molecular formula is C28H27N5O3S2. The first-order valence-electron chi connectivity index (χ1n) is 12.1.